The average Bonchev–Trinajstić information content (AvgIpc) is 2.45. The number of sulfonamides is 1. The molecule has 0 atom stereocenters. The summed E-state index contributed by atoms with van der Waals surface area (Å²) in [6.45, 7) is 5.00. The van der Waals surface area contributed by atoms with Gasteiger partial charge in [0.1, 0.15) is 0 Å². The topological polar surface area (TPSA) is 83.5 Å². The second kappa shape index (κ2) is 6.47. The van der Waals surface area contributed by atoms with Crippen molar-refractivity contribution in [2.45, 2.75) is 44.1 Å². The largest absolute Gasteiger partial charge is 0.389 e. The van der Waals surface area contributed by atoms with Gasteiger partial charge in [-0.05, 0) is 31.9 Å². The van der Waals surface area contributed by atoms with E-state index in [9.17, 15) is 18.3 Å². The van der Waals surface area contributed by atoms with E-state index in [1.807, 2.05) is 0 Å². The molecule has 0 amide bonds. The molecule has 1 rings (SSSR count). The van der Waals surface area contributed by atoms with Crippen molar-refractivity contribution in [1.29, 1.82) is 0 Å². The van der Waals surface area contributed by atoms with Gasteiger partial charge in [-0.15, -0.1) is 0 Å². The normalized spacial score (nSPS) is 12.4. The fourth-order valence-corrected chi connectivity index (χ4v) is 2.80. The molecule has 112 valence electrons. The van der Waals surface area contributed by atoms with Crippen LogP contribution < -0.4 is 4.72 Å². The molecule has 0 fully saturated rings. The summed E-state index contributed by atoms with van der Waals surface area (Å²) in [5.74, 6) is -0.117. The van der Waals surface area contributed by atoms with Crippen molar-refractivity contribution in [3.8, 4) is 0 Å². The van der Waals surface area contributed by atoms with Crippen LogP contribution in [-0.4, -0.2) is 31.5 Å². The van der Waals surface area contributed by atoms with Crippen LogP contribution in [0.25, 0.3) is 0 Å². The molecule has 0 aliphatic heterocycles. The van der Waals surface area contributed by atoms with Gasteiger partial charge >= 0.3 is 0 Å². The van der Waals surface area contributed by atoms with Crippen molar-refractivity contribution in [3.05, 3.63) is 29.8 Å². The Labute approximate surface area is 120 Å². The van der Waals surface area contributed by atoms with E-state index in [1.165, 1.54) is 31.2 Å². The van der Waals surface area contributed by atoms with Gasteiger partial charge in [0.15, 0.2) is 5.78 Å². The van der Waals surface area contributed by atoms with Gasteiger partial charge < -0.3 is 5.11 Å². The third-order valence-corrected chi connectivity index (χ3v) is 4.90. The third-order valence-electron chi connectivity index (χ3n) is 3.48. The first-order chi connectivity index (χ1) is 9.24. The molecule has 0 radical (unpaired) electrons. The number of nitrogens with one attached hydrogen (secondary N) is 1. The van der Waals surface area contributed by atoms with Crippen molar-refractivity contribution in [3.63, 3.8) is 0 Å². The minimum Gasteiger partial charge on any atom is -0.389 e. The summed E-state index contributed by atoms with van der Waals surface area (Å²) >= 11 is 0. The van der Waals surface area contributed by atoms with Crippen LogP contribution in [-0.2, 0) is 10.0 Å². The number of hydrogen-bond donors (Lipinski definition) is 2. The maximum absolute atomic E-state index is 12.1. The van der Waals surface area contributed by atoms with E-state index < -0.39 is 15.6 Å². The number of rotatable bonds is 7. The van der Waals surface area contributed by atoms with Crippen LogP contribution in [0.5, 0.6) is 0 Å². The van der Waals surface area contributed by atoms with Crippen molar-refractivity contribution in [2.75, 3.05) is 6.54 Å². The Kier molecular flexibility index (Phi) is 5.44. The molecule has 0 aromatic heterocycles. The highest BCUT2D eigenvalue weighted by Crippen LogP contribution is 2.16. The van der Waals surface area contributed by atoms with Gasteiger partial charge in [-0.2, -0.15) is 0 Å². The van der Waals surface area contributed by atoms with Crippen molar-refractivity contribution >= 4 is 15.8 Å². The molecule has 0 bridgehead atoms. The summed E-state index contributed by atoms with van der Waals surface area (Å²) in [6, 6.07) is 5.72. The molecule has 0 aliphatic carbocycles. The first kappa shape index (κ1) is 16.8. The van der Waals surface area contributed by atoms with E-state index in [2.05, 4.69) is 4.72 Å². The Morgan fingerprint density at radius 3 is 2.10 bits per heavy atom. The first-order valence-electron chi connectivity index (χ1n) is 6.57. The molecule has 2 N–H and O–H groups in total. The lowest BCUT2D eigenvalue weighted by molar-refractivity contribution is 0.0377. The van der Waals surface area contributed by atoms with Gasteiger partial charge in [-0.3, -0.25) is 4.79 Å². The predicted molar refractivity (Wildman–Crippen MR) is 77.2 cm³/mol. The van der Waals surface area contributed by atoms with Crippen LogP contribution >= 0.6 is 0 Å². The first-order valence-corrected chi connectivity index (χ1v) is 8.05. The van der Waals surface area contributed by atoms with Crippen molar-refractivity contribution in [2.24, 2.45) is 0 Å². The van der Waals surface area contributed by atoms with Crippen LogP contribution in [0.15, 0.2) is 29.2 Å². The fraction of sp³-hybridized carbons (Fsp3) is 0.500. The van der Waals surface area contributed by atoms with Crippen LogP contribution in [0, 0.1) is 0 Å². The Morgan fingerprint density at radius 2 is 1.70 bits per heavy atom. The maximum atomic E-state index is 12.1. The van der Waals surface area contributed by atoms with Gasteiger partial charge in [0.25, 0.3) is 0 Å². The van der Waals surface area contributed by atoms with Crippen LogP contribution in [0.1, 0.15) is 44.0 Å². The molecule has 0 saturated heterocycles. The molecule has 20 heavy (non-hydrogen) atoms. The molecule has 0 saturated carbocycles. The standard InChI is InChI=1S/C14H21NO4S/c1-4-14(17,5-2)10-15-20(18,19)13-8-6-12(7-9-13)11(3)16/h6-9,15,17H,4-5,10H2,1-3H3. The van der Waals surface area contributed by atoms with Gasteiger partial charge in [-0.25, -0.2) is 13.1 Å². The van der Waals surface area contributed by atoms with Crippen molar-refractivity contribution in [1.82, 2.24) is 4.72 Å². The van der Waals surface area contributed by atoms with Crippen LogP contribution in [0.4, 0.5) is 0 Å². The van der Waals surface area contributed by atoms with Gasteiger partial charge in [0.2, 0.25) is 10.0 Å². The Hall–Kier alpha value is -1.24. The van der Waals surface area contributed by atoms with E-state index in [0.717, 1.165) is 0 Å². The van der Waals surface area contributed by atoms with E-state index in [1.54, 1.807) is 13.8 Å². The second-order valence-electron chi connectivity index (χ2n) is 4.84. The smallest absolute Gasteiger partial charge is 0.240 e. The monoisotopic (exact) mass is 299 g/mol. The minimum absolute atomic E-state index is 0.0310. The number of aliphatic hydroxyl groups is 1. The molecular formula is C14H21NO4S. The minimum atomic E-state index is -3.68. The highest BCUT2D eigenvalue weighted by atomic mass is 32.2. The molecule has 1 aromatic carbocycles. The summed E-state index contributed by atoms with van der Waals surface area (Å²) < 4.78 is 26.6. The summed E-state index contributed by atoms with van der Waals surface area (Å²) in [5.41, 5.74) is -0.575. The average molecular weight is 299 g/mol. The lowest BCUT2D eigenvalue weighted by Gasteiger charge is -2.25. The molecular weight excluding hydrogens is 278 g/mol. The summed E-state index contributed by atoms with van der Waals surface area (Å²) in [4.78, 5) is 11.2. The molecule has 0 heterocycles. The summed E-state index contributed by atoms with van der Waals surface area (Å²) in [6.07, 6.45) is 0.935. The van der Waals surface area contributed by atoms with Gasteiger partial charge in [0.05, 0.1) is 10.5 Å². The van der Waals surface area contributed by atoms with Crippen LogP contribution in [0.3, 0.4) is 0 Å². The Balaban J connectivity index is 2.86. The van der Waals surface area contributed by atoms with E-state index >= 15 is 0 Å². The molecule has 0 aliphatic rings. The Morgan fingerprint density at radius 1 is 1.20 bits per heavy atom. The van der Waals surface area contributed by atoms with Gasteiger partial charge in [-0.1, -0.05) is 26.0 Å². The lowest BCUT2D eigenvalue weighted by atomic mass is 9.98. The maximum Gasteiger partial charge on any atom is 0.240 e. The molecule has 5 nitrogen and oxygen atoms in total. The van der Waals surface area contributed by atoms with E-state index in [4.69, 9.17) is 0 Å². The number of benzene rings is 1. The molecule has 0 spiro atoms. The summed E-state index contributed by atoms with van der Waals surface area (Å²) in [5, 5.41) is 10.1. The van der Waals surface area contributed by atoms with Crippen LogP contribution in [0.2, 0.25) is 0 Å². The SMILES string of the molecule is CCC(O)(CC)CNS(=O)(=O)c1ccc(C(C)=O)cc1. The molecule has 6 heteroatoms. The molecule has 1 aromatic rings. The highest BCUT2D eigenvalue weighted by molar-refractivity contribution is 7.89. The van der Waals surface area contributed by atoms with E-state index in [-0.39, 0.29) is 17.2 Å². The predicted octanol–water partition coefficient (Wildman–Crippen LogP) is 1.72. The number of hydrogen-bond acceptors (Lipinski definition) is 4. The second-order valence-corrected chi connectivity index (χ2v) is 6.60. The fourth-order valence-electron chi connectivity index (χ4n) is 1.68. The van der Waals surface area contributed by atoms with Crippen molar-refractivity contribution < 1.29 is 18.3 Å². The molecule has 0 unspecified atom stereocenters. The Bertz CT molecular complexity index is 559. The van der Waals surface area contributed by atoms with Gasteiger partial charge in [0, 0.05) is 12.1 Å². The summed E-state index contributed by atoms with van der Waals surface area (Å²) in [7, 11) is -3.68. The number of ketones is 1. The number of carbonyl (C=O) groups excluding carboxylic acids is 1. The number of Topliss-reactive ketones (excluding diaryl/α,β-unsaturated/α-hetero) is 1. The zero-order chi connectivity index (χ0) is 15.4. The zero-order valence-electron chi connectivity index (χ0n) is 12.0. The third kappa shape index (κ3) is 4.13. The highest BCUT2D eigenvalue weighted by Gasteiger charge is 2.25. The zero-order valence-corrected chi connectivity index (χ0v) is 12.8. The number of carbonyl (C=O) groups is 1. The quantitative estimate of drug-likeness (QED) is 0.751. The van der Waals surface area contributed by atoms with E-state index in [0.29, 0.717) is 18.4 Å². The lowest BCUT2D eigenvalue weighted by Crippen LogP contribution is -2.41.